The van der Waals surface area contributed by atoms with Gasteiger partial charge in [0.1, 0.15) is 6.10 Å². The molecule has 15 heavy (non-hydrogen) atoms. The van der Waals surface area contributed by atoms with Crippen molar-refractivity contribution in [2.24, 2.45) is 0 Å². The lowest BCUT2D eigenvalue weighted by Gasteiger charge is -2.16. The maximum atomic E-state index is 10.8. The fourth-order valence-electron chi connectivity index (χ4n) is 0.891. The van der Waals surface area contributed by atoms with Crippen molar-refractivity contribution in [3.63, 3.8) is 0 Å². The summed E-state index contributed by atoms with van der Waals surface area (Å²) in [5, 5.41) is 0. The van der Waals surface area contributed by atoms with E-state index in [1.807, 2.05) is 6.92 Å². The zero-order chi connectivity index (χ0) is 11.9. The van der Waals surface area contributed by atoms with Crippen molar-refractivity contribution in [2.45, 2.75) is 25.9 Å². The highest BCUT2D eigenvalue weighted by Crippen LogP contribution is 2.36. The average molecular weight is 238 g/mol. The summed E-state index contributed by atoms with van der Waals surface area (Å²) >= 11 is 0. The first-order valence-electron chi connectivity index (χ1n) is 4.42. The molecule has 0 amide bonds. The number of esters is 1. The van der Waals surface area contributed by atoms with Crippen LogP contribution in [0, 0.1) is 0 Å². The minimum absolute atomic E-state index is 0.322. The van der Waals surface area contributed by atoms with Gasteiger partial charge in [0.05, 0.1) is 6.61 Å². The van der Waals surface area contributed by atoms with Gasteiger partial charge in [-0.3, -0.25) is 4.52 Å². The van der Waals surface area contributed by atoms with E-state index in [1.54, 1.807) is 0 Å². The van der Waals surface area contributed by atoms with Crippen LogP contribution in [0.2, 0.25) is 0 Å². The highest BCUT2D eigenvalue weighted by atomic mass is 31.2. The number of phosphoric ester groups is 1. The number of carbonyl (C=O) groups excluding carboxylic acids is 1. The van der Waals surface area contributed by atoms with Gasteiger partial charge in [0.2, 0.25) is 0 Å². The van der Waals surface area contributed by atoms with Crippen molar-refractivity contribution in [3.05, 3.63) is 12.7 Å². The first-order valence-corrected chi connectivity index (χ1v) is 5.95. The van der Waals surface area contributed by atoms with Gasteiger partial charge < -0.3 is 14.5 Å². The normalized spacial score (nSPS) is 13.3. The van der Waals surface area contributed by atoms with E-state index in [-0.39, 0.29) is 6.61 Å². The van der Waals surface area contributed by atoms with E-state index < -0.39 is 19.9 Å². The Morgan fingerprint density at radius 2 is 2.20 bits per heavy atom. The zero-order valence-electron chi connectivity index (χ0n) is 8.46. The number of hydrogen-bond acceptors (Lipinski definition) is 4. The second-order valence-electron chi connectivity index (χ2n) is 2.84. The molecule has 0 rings (SSSR count). The summed E-state index contributed by atoms with van der Waals surface area (Å²) in [5.74, 6) is -0.636. The molecular weight excluding hydrogens is 223 g/mol. The SMILES string of the molecule is C=CC(=O)OC(CCC)COP(=O)(O)O. The standard InChI is InChI=1S/C8H15O6P/c1-3-5-7(14-8(9)4-2)6-13-15(10,11)12/h4,7H,2-3,5-6H2,1H3,(H2,10,11,12). The predicted molar refractivity (Wildman–Crippen MR) is 53.0 cm³/mol. The van der Waals surface area contributed by atoms with Gasteiger partial charge in [-0.15, -0.1) is 0 Å². The van der Waals surface area contributed by atoms with Crippen LogP contribution in [0.5, 0.6) is 0 Å². The van der Waals surface area contributed by atoms with Crippen LogP contribution < -0.4 is 0 Å². The molecule has 0 aliphatic carbocycles. The highest BCUT2D eigenvalue weighted by molar-refractivity contribution is 7.46. The third-order valence-electron chi connectivity index (χ3n) is 1.49. The summed E-state index contributed by atoms with van der Waals surface area (Å²) < 4.78 is 19.5. The zero-order valence-corrected chi connectivity index (χ0v) is 9.35. The first-order chi connectivity index (χ1) is 6.89. The average Bonchev–Trinajstić information content (AvgIpc) is 2.13. The largest absolute Gasteiger partial charge is 0.469 e. The molecule has 0 spiro atoms. The van der Waals surface area contributed by atoms with E-state index in [4.69, 9.17) is 14.5 Å². The Hall–Kier alpha value is -0.680. The topological polar surface area (TPSA) is 93.1 Å². The number of rotatable bonds is 7. The molecule has 0 bridgehead atoms. The lowest BCUT2D eigenvalue weighted by atomic mass is 10.2. The van der Waals surface area contributed by atoms with Gasteiger partial charge in [-0.2, -0.15) is 0 Å². The van der Waals surface area contributed by atoms with E-state index in [9.17, 15) is 9.36 Å². The predicted octanol–water partition coefficient (Wildman–Crippen LogP) is 0.994. The Morgan fingerprint density at radius 3 is 2.60 bits per heavy atom. The minimum atomic E-state index is -4.51. The van der Waals surface area contributed by atoms with Gasteiger partial charge in [0.15, 0.2) is 0 Å². The van der Waals surface area contributed by atoms with Crippen LogP contribution in [0.3, 0.4) is 0 Å². The van der Waals surface area contributed by atoms with Crippen molar-refractivity contribution in [3.8, 4) is 0 Å². The van der Waals surface area contributed by atoms with Crippen LogP contribution in [0.25, 0.3) is 0 Å². The maximum Gasteiger partial charge on any atom is 0.469 e. The molecule has 1 unspecified atom stereocenters. The quantitative estimate of drug-likeness (QED) is 0.390. The van der Waals surface area contributed by atoms with Crippen molar-refractivity contribution < 1.29 is 28.4 Å². The Labute approximate surface area is 88.1 Å². The molecule has 6 nitrogen and oxygen atoms in total. The summed E-state index contributed by atoms with van der Waals surface area (Å²) in [4.78, 5) is 27.7. The van der Waals surface area contributed by atoms with Gasteiger partial charge in [0.25, 0.3) is 0 Å². The molecule has 1 atom stereocenters. The van der Waals surface area contributed by atoms with Crippen molar-refractivity contribution in [1.29, 1.82) is 0 Å². The summed E-state index contributed by atoms with van der Waals surface area (Å²) in [6, 6.07) is 0. The molecule has 2 N–H and O–H groups in total. The van der Waals surface area contributed by atoms with E-state index in [2.05, 4.69) is 11.1 Å². The summed E-state index contributed by atoms with van der Waals surface area (Å²) in [5.41, 5.74) is 0. The molecule has 0 fully saturated rings. The third-order valence-corrected chi connectivity index (χ3v) is 1.97. The van der Waals surface area contributed by atoms with Crippen LogP contribution in [0.1, 0.15) is 19.8 Å². The molecule has 0 aromatic carbocycles. The van der Waals surface area contributed by atoms with E-state index in [0.29, 0.717) is 12.8 Å². The molecule has 0 radical (unpaired) electrons. The number of carbonyl (C=O) groups is 1. The fraction of sp³-hybridized carbons (Fsp3) is 0.625. The lowest BCUT2D eigenvalue weighted by molar-refractivity contribution is -0.145. The van der Waals surface area contributed by atoms with Crippen molar-refractivity contribution in [2.75, 3.05) is 6.61 Å². The fourth-order valence-corrected chi connectivity index (χ4v) is 1.25. The van der Waals surface area contributed by atoms with Gasteiger partial charge in [0, 0.05) is 6.08 Å². The van der Waals surface area contributed by atoms with Gasteiger partial charge in [-0.1, -0.05) is 19.9 Å². The molecule has 88 valence electrons. The van der Waals surface area contributed by atoms with Gasteiger partial charge in [-0.25, -0.2) is 9.36 Å². The summed E-state index contributed by atoms with van der Waals surface area (Å²) in [7, 11) is -4.51. The number of ether oxygens (including phenoxy) is 1. The van der Waals surface area contributed by atoms with Crippen LogP contribution in [-0.4, -0.2) is 28.5 Å². The van der Waals surface area contributed by atoms with Gasteiger partial charge >= 0.3 is 13.8 Å². The van der Waals surface area contributed by atoms with E-state index >= 15 is 0 Å². The van der Waals surface area contributed by atoms with Crippen molar-refractivity contribution in [1.82, 2.24) is 0 Å². The molecule has 0 saturated heterocycles. The molecule has 7 heteroatoms. The minimum Gasteiger partial charge on any atom is -0.457 e. The first kappa shape index (κ1) is 14.3. The third kappa shape index (κ3) is 8.32. The molecule has 0 aliphatic heterocycles. The number of phosphoric acid groups is 1. The van der Waals surface area contributed by atoms with Crippen LogP contribution >= 0.6 is 7.82 Å². The molecule has 0 aromatic rings. The molecule has 0 aliphatic rings. The van der Waals surface area contributed by atoms with Crippen LogP contribution in [0.4, 0.5) is 0 Å². The Kier molecular flexibility index (Phi) is 6.43. The van der Waals surface area contributed by atoms with E-state index in [1.165, 1.54) is 0 Å². The molecule has 0 heterocycles. The molecule has 0 aromatic heterocycles. The molecular formula is C8H15O6P. The second-order valence-corrected chi connectivity index (χ2v) is 4.08. The van der Waals surface area contributed by atoms with Crippen molar-refractivity contribution >= 4 is 13.8 Å². The van der Waals surface area contributed by atoms with Crippen LogP contribution in [-0.2, 0) is 18.6 Å². The summed E-state index contributed by atoms with van der Waals surface area (Å²) in [6.07, 6.45) is 1.51. The van der Waals surface area contributed by atoms with Gasteiger partial charge in [-0.05, 0) is 6.42 Å². The Bertz CT molecular complexity index is 258. The smallest absolute Gasteiger partial charge is 0.457 e. The second kappa shape index (κ2) is 6.74. The maximum absolute atomic E-state index is 10.8. The lowest BCUT2D eigenvalue weighted by Crippen LogP contribution is -2.22. The van der Waals surface area contributed by atoms with E-state index in [0.717, 1.165) is 6.08 Å². The highest BCUT2D eigenvalue weighted by Gasteiger charge is 2.19. The van der Waals surface area contributed by atoms with Crippen LogP contribution in [0.15, 0.2) is 12.7 Å². The Balaban J connectivity index is 4.09. The summed E-state index contributed by atoms with van der Waals surface area (Å²) in [6.45, 7) is 4.75. The molecule has 0 saturated carbocycles. The Morgan fingerprint density at radius 1 is 1.60 bits per heavy atom. The monoisotopic (exact) mass is 238 g/mol. The number of hydrogen-bond donors (Lipinski definition) is 2.